The molecule has 0 bridgehead atoms. The molecule has 3 heteroatoms. The summed E-state index contributed by atoms with van der Waals surface area (Å²) in [6, 6.07) is 0. The van der Waals surface area contributed by atoms with Crippen LogP contribution in [-0.2, 0) is 9.53 Å². The van der Waals surface area contributed by atoms with E-state index in [1.807, 2.05) is 0 Å². The van der Waals surface area contributed by atoms with Gasteiger partial charge in [0.2, 0.25) is 0 Å². The Hall–Kier alpha value is -0.760. The first-order valence-corrected chi connectivity index (χ1v) is 7.18. The Morgan fingerprint density at radius 3 is 1.94 bits per heavy atom. The molecule has 0 heterocycles. The van der Waals surface area contributed by atoms with Crippen LogP contribution in [0.4, 0.5) is 0 Å². The minimum Gasteiger partial charge on any atom is -0.435 e. The summed E-state index contributed by atoms with van der Waals surface area (Å²) in [5, 5.41) is 0. The highest BCUT2D eigenvalue weighted by Crippen LogP contribution is 2.09. The third kappa shape index (κ3) is 20.6. The average Bonchev–Trinajstić information content (AvgIpc) is 2.34. The van der Waals surface area contributed by atoms with Crippen molar-refractivity contribution in [1.82, 2.24) is 0 Å². The largest absolute Gasteiger partial charge is 0.435 e. The van der Waals surface area contributed by atoms with Crippen molar-refractivity contribution in [3.63, 3.8) is 0 Å². The smallest absolute Gasteiger partial charge is 0.310 e. The fourth-order valence-corrected chi connectivity index (χ4v) is 1.56. The van der Waals surface area contributed by atoms with Crippen LogP contribution in [0.25, 0.3) is 0 Å². The van der Waals surface area contributed by atoms with E-state index in [0.29, 0.717) is 6.42 Å². The molecule has 0 aliphatic heterocycles. The molecule has 106 valence electrons. The van der Waals surface area contributed by atoms with Gasteiger partial charge in [0.05, 0.1) is 6.26 Å². The molecule has 0 aliphatic carbocycles. The van der Waals surface area contributed by atoms with Crippen molar-refractivity contribution in [3.05, 3.63) is 25.0 Å². The first-order chi connectivity index (χ1) is 8.72. The summed E-state index contributed by atoms with van der Waals surface area (Å²) in [6.07, 6.45) is 11.7. The maximum Gasteiger partial charge on any atom is 0.310 e. The van der Waals surface area contributed by atoms with Gasteiger partial charge in [-0.05, 0) is 12.0 Å². The number of hydrogen-bond acceptors (Lipinski definition) is 2. The molecule has 2 nitrogen and oxygen atoms in total. The van der Waals surface area contributed by atoms with E-state index < -0.39 is 0 Å². The monoisotopic (exact) mass is 274 g/mol. The number of rotatable bonds is 10. The molecule has 0 aromatic heterocycles. The molecule has 0 radical (unpaired) electrons. The SMILES string of the molecule is C=CCl.C=COC(=O)CCCCCCCCCC. The summed E-state index contributed by atoms with van der Waals surface area (Å²) in [7, 11) is 0. The van der Waals surface area contributed by atoms with E-state index >= 15 is 0 Å². The molecule has 0 aliphatic rings. The Balaban J connectivity index is 0. The van der Waals surface area contributed by atoms with Gasteiger partial charge in [0, 0.05) is 6.42 Å². The van der Waals surface area contributed by atoms with Gasteiger partial charge in [0.15, 0.2) is 0 Å². The number of esters is 1. The first-order valence-electron chi connectivity index (χ1n) is 6.74. The molecule has 18 heavy (non-hydrogen) atoms. The maximum absolute atomic E-state index is 10.9. The van der Waals surface area contributed by atoms with Crippen LogP contribution in [-0.4, -0.2) is 5.97 Å². The van der Waals surface area contributed by atoms with Gasteiger partial charge >= 0.3 is 5.97 Å². The lowest BCUT2D eigenvalue weighted by Crippen LogP contribution is -1.98. The highest BCUT2D eigenvalue weighted by atomic mass is 35.5. The molecule has 0 rings (SSSR count). The number of halogens is 1. The van der Waals surface area contributed by atoms with Crippen molar-refractivity contribution in [3.8, 4) is 0 Å². The van der Waals surface area contributed by atoms with Gasteiger partial charge in [0.1, 0.15) is 0 Å². The third-order valence-corrected chi connectivity index (χ3v) is 2.45. The summed E-state index contributed by atoms with van der Waals surface area (Å²) < 4.78 is 4.63. The minimum absolute atomic E-state index is 0.156. The quantitative estimate of drug-likeness (QED) is 0.296. The number of unbranched alkanes of at least 4 members (excludes halogenated alkanes) is 7. The summed E-state index contributed by atoms with van der Waals surface area (Å²) in [5.74, 6) is -0.156. The molecule has 0 amide bonds. The third-order valence-electron chi connectivity index (χ3n) is 2.45. The lowest BCUT2D eigenvalue weighted by Gasteiger charge is -2.01. The zero-order valence-corrected chi connectivity index (χ0v) is 12.4. The molecular formula is C15H27ClO2. The second-order valence-corrected chi connectivity index (χ2v) is 4.34. The van der Waals surface area contributed by atoms with Crippen LogP contribution in [0.15, 0.2) is 25.0 Å². The van der Waals surface area contributed by atoms with Crippen LogP contribution >= 0.6 is 11.6 Å². The van der Waals surface area contributed by atoms with E-state index in [-0.39, 0.29) is 5.97 Å². The molecule has 0 aromatic rings. The predicted octanol–water partition coefficient (Wildman–Crippen LogP) is 5.57. The van der Waals surface area contributed by atoms with Crippen LogP contribution < -0.4 is 0 Å². The van der Waals surface area contributed by atoms with Gasteiger partial charge in [0.25, 0.3) is 0 Å². The Morgan fingerprint density at radius 1 is 1.06 bits per heavy atom. The van der Waals surface area contributed by atoms with E-state index in [2.05, 4.69) is 24.8 Å². The number of carbonyl (C=O) groups excluding carboxylic acids is 1. The van der Waals surface area contributed by atoms with Crippen molar-refractivity contribution in [1.29, 1.82) is 0 Å². The van der Waals surface area contributed by atoms with Crippen molar-refractivity contribution in [2.75, 3.05) is 0 Å². The summed E-state index contributed by atoms with van der Waals surface area (Å²) >= 11 is 4.76. The summed E-state index contributed by atoms with van der Waals surface area (Å²) in [6.45, 7) is 8.70. The zero-order valence-electron chi connectivity index (χ0n) is 11.6. The lowest BCUT2D eigenvalue weighted by atomic mass is 10.1. The molecule has 0 saturated heterocycles. The van der Waals surface area contributed by atoms with Crippen LogP contribution in [0.2, 0.25) is 0 Å². The minimum atomic E-state index is -0.156. The van der Waals surface area contributed by atoms with Gasteiger partial charge in [-0.25, -0.2) is 0 Å². The fraction of sp³-hybridized carbons (Fsp3) is 0.667. The van der Waals surface area contributed by atoms with Crippen LogP contribution in [0.1, 0.15) is 64.7 Å². The number of ether oxygens (including phenoxy) is 1. The van der Waals surface area contributed by atoms with E-state index in [1.165, 1.54) is 50.3 Å². The Morgan fingerprint density at radius 2 is 1.50 bits per heavy atom. The van der Waals surface area contributed by atoms with E-state index in [0.717, 1.165) is 12.8 Å². The van der Waals surface area contributed by atoms with Crippen LogP contribution in [0.5, 0.6) is 0 Å². The standard InChI is InChI=1S/C13H24O2.C2H3Cl/c1-3-5-6-7-8-9-10-11-12-13(14)15-4-2;1-2-3/h4H,2-3,5-12H2,1H3;2H,1H2. The van der Waals surface area contributed by atoms with Crippen LogP contribution in [0.3, 0.4) is 0 Å². The molecule has 0 unspecified atom stereocenters. The Labute approximate surface area is 117 Å². The van der Waals surface area contributed by atoms with Gasteiger partial charge in [-0.2, -0.15) is 0 Å². The molecule has 0 saturated carbocycles. The second-order valence-electron chi connectivity index (χ2n) is 4.04. The lowest BCUT2D eigenvalue weighted by molar-refractivity contribution is -0.138. The molecule has 0 aromatic carbocycles. The maximum atomic E-state index is 10.9. The zero-order chi connectivity index (χ0) is 14.1. The van der Waals surface area contributed by atoms with Crippen molar-refractivity contribution < 1.29 is 9.53 Å². The second kappa shape index (κ2) is 18.6. The Bertz CT molecular complexity index is 203. The fourth-order valence-electron chi connectivity index (χ4n) is 1.56. The highest BCUT2D eigenvalue weighted by Gasteiger charge is 1.99. The summed E-state index contributed by atoms with van der Waals surface area (Å²) in [5.41, 5.74) is 1.22. The van der Waals surface area contributed by atoms with Gasteiger partial charge in [-0.1, -0.05) is 76.6 Å². The number of carbonyl (C=O) groups is 1. The van der Waals surface area contributed by atoms with Crippen LogP contribution in [0, 0.1) is 0 Å². The molecule has 0 atom stereocenters. The Kier molecular flexibility index (Phi) is 20.2. The molecule has 0 spiro atoms. The van der Waals surface area contributed by atoms with Crippen molar-refractivity contribution >= 4 is 17.6 Å². The normalized spacial score (nSPS) is 9.00. The molecule has 0 fully saturated rings. The van der Waals surface area contributed by atoms with E-state index in [9.17, 15) is 4.79 Å². The van der Waals surface area contributed by atoms with Gasteiger partial charge < -0.3 is 4.74 Å². The summed E-state index contributed by atoms with van der Waals surface area (Å²) in [4.78, 5) is 10.9. The van der Waals surface area contributed by atoms with Gasteiger partial charge in [-0.15, -0.1) is 0 Å². The van der Waals surface area contributed by atoms with E-state index in [4.69, 9.17) is 11.6 Å². The van der Waals surface area contributed by atoms with Crippen molar-refractivity contribution in [2.45, 2.75) is 64.7 Å². The molecular weight excluding hydrogens is 248 g/mol. The van der Waals surface area contributed by atoms with Crippen molar-refractivity contribution in [2.24, 2.45) is 0 Å². The number of hydrogen-bond donors (Lipinski definition) is 0. The highest BCUT2D eigenvalue weighted by molar-refractivity contribution is 6.25. The average molecular weight is 275 g/mol. The predicted molar refractivity (Wildman–Crippen MR) is 79.6 cm³/mol. The molecule has 0 N–H and O–H groups in total. The first kappa shape index (κ1) is 19.6. The van der Waals surface area contributed by atoms with Gasteiger partial charge in [-0.3, -0.25) is 4.79 Å². The topological polar surface area (TPSA) is 26.3 Å². The van der Waals surface area contributed by atoms with E-state index in [1.54, 1.807) is 0 Å².